The molecule has 2 aliphatic heterocycles. The Kier molecular flexibility index (Phi) is 5.51. The van der Waals surface area contributed by atoms with Gasteiger partial charge < -0.3 is 10.2 Å². The Morgan fingerprint density at radius 3 is 2.59 bits per heavy atom. The van der Waals surface area contributed by atoms with Crippen LogP contribution in [0, 0.1) is 5.92 Å². The number of rotatable bonds is 5. The van der Waals surface area contributed by atoms with Gasteiger partial charge >= 0.3 is 0 Å². The van der Waals surface area contributed by atoms with Crippen molar-refractivity contribution in [3.63, 3.8) is 0 Å². The first-order valence-corrected chi connectivity index (χ1v) is 10.5. The van der Waals surface area contributed by atoms with Gasteiger partial charge in [-0.15, -0.1) is 11.3 Å². The maximum atomic E-state index is 12.2. The molecule has 0 bridgehead atoms. The molecule has 3 heterocycles. The van der Waals surface area contributed by atoms with Crippen LogP contribution in [0.3, 0.4) is 0 Å². The van der Waals surface area contributed by atoms with Crippen LogP contribution in [-0.4, -0.2) is 52.1 Å². The van der Waals surface area contributed by atoms with E-state index in [1.807, 2.05) is 0 Å². The van der Waals surface area contributed by atoms with Crippen molar-refractivity contribution in [2.24, 2.45) is 5.92 Å². The molecule has 3 rings (SSSR count). The summed E-state index contributed by atoms with van der Waals surface area (Å²) in [4.78, 5) is 2.51. The van der Waals surface area contributed by atoms with Crippen LogP contribution in [0.5, 0.6) is 0 Å². The minimum atomic E-state index is -3.32. The standard InChI is InChI=1S/C15H25N3O2S2/c19-22(20,15-2-1-11-21-15)17-14-5-9-18(10-6-14)12-13-3-7-16-8-4-13/h1-2,11,13-14,16-17H,3-10,12H2. The minimum absolute atomic E-state index is 0.0800. The summed E-state index contributed by atoms with van der Waals surface area (Å²) < 4.78 is 27.8. The summed E-state index contributed by atoms with van der Waals surface area (Å²) in [7, 11) is -3.32. The van der Waals surface area contributed by atoms with E-state index in [4.69, 9.17) is 0 Å². The summed E-state index contributed by atoms with van der Waals surface area (Å²) in [6.07, 6.45) is 4.36. The molecular formula is C15H25N3O2S2. The molecule has 0 aromatic carbocycles. The second-order valence-corrected chi connectivity index (χ2v) is 9.21. The van der Waals surface area contributed by atoms with Gasteiger partial charge in [-0.1, -0.05) is 6.07 Å². The molecule has 7 heteroatoms. The largest absolute Gasteiger partial charge is 0.317 e. The SMILES string of the molecule is O=S(=O)(NC1CCN(CC2CCNCC2)CC1)c1cccs1. The fraction of sp³-hybridized carbons (Fsp3) is 0.733. The molecule has 0 amide bonds. The Morgan fingerprint density at radius 2 is 1.95 bits per heavy atom. The lowest BCUT2D eigenvalue weighted by molar-refractivity contribution is 0.164. The van der Waals surface area contributed by atoms with Crippen molar-refractivity contribution in [3.8, 4) is 0 Å². The highest BCUT2D eigenvalue weighted by atomic mass is 32.2. The molecule has 124 valence electrons. The third-order valence-corrected chi connectivity index (χ3v) is 7.56. The minimum Gasteiger partial charge on any atom is -0.317 e. The van der Waals surface area contributed by atoms with Gasteiger partial charge in [-0.05, 0) is 69.2 Å². The smallest absolute Gasteiger partial charge is 0.250 e. The molecule has 2 fully saturated rings. The van der Waals surface area contributed by atoms with Crippen LogP contribution in [0.4, 0.5) is 0 Å². The number of nitrogens with one attached hydrogen (secondary N) is 2. The van der Waals surface area contributed by atoms with Crippen molar-refractivity contribution < 1.29 is 8.42 Å². The van der Waals surface area contributed by atoms with Gasteiger partial charge in [-0.3, -0.25) is 0 Å². The molecule has 0 atom stereocenters. The van der Waals surface area contributed by atoms with E-state index in [0.29, 0.717) is 4.21 Å². The lowest BCUT2D eigenvalue weighted by Gasteiger charge is -2.35. The summed E-state index contributed by atoms with van der Waals surface area (Å²) >= 11 is 1.28. The number of sulfonamides is 1. The van der Waals surface area contributed by atoms with Crippen molar-refractivity contribution >= 4 is 21.4 Å². The zero-order chi connectivity index (χ0) is 15.4. The maximum Gasteiger partial charge on any atom is 0.250 e. The van der Waals surface area contributed by atoms with Gasteiger partial charge in [0.15, 0.2) is 0 Å². The summed E-state index contributed by atoms with van der Waals surface area (Å²) in [5.74, 6) is 0.806. The number of likely N-dealkylation sites (tertiary alicyclic amines) is 1. The van der Waals surface area contributed by atoms with E-state index in [1.165, 1.54) is 30.7 Å². The molecule has 5 nitrogen and oxygen atoms in total. The summed E-state index contributed by atoms with van der Waals surface area (Å²) in [5.41, 5.74) is 0. The zero-order valence-corrected chi connectivity index (χ0v) is 14.5. The van der Waals surface area contributed by atoms with Crippen molar-refractivity contribution in [1.82, 2.24) is 14.9 Å². The van der Waals surface area contributed by atoms with E-state index in [0.717, 1.165) is 44.9 Å². The third-order valence-electron chi connectivity index (χ3n) is 4.64. The van der Waals surface area contributed by atoms with E-state index in [1.54, 1.807) is 17.5 Å². The van der Waals surface area contributed by atoms with Crippen LogP contribution < -0.4 is 10.0 Å². The second-order valence-electron chi connectivity index (χ2n) is 6.32. The van der Waals surface area contributed by atoms with E-state index in [-0.39, 0.29) is 6.04 Å². The Hall–Kier alpha value is -0.470. The quantitative estimate of drug-likeness (QED) is 0.850. The third kappa shape index (κ3) is 4.29. The highest BCUT2D eigenvalue weighted by molar-refractivity contribution is 7.91. The number of hydrogen-bond acceptors (Lipinski definition) is 5. The normalized spacial score (nSPS) is 22.9. The topological polar surface area (TPSA) is 61.4 Å². The fourth-order valence-corrected chi connectivity index (χ4v) is 5.67. The predicted octanol–water partition coefficient (Wildman–Crippen LogP) is 1.49. The molecule has 2 saturated heterocycles. The monoisotopic (exact) mass is 343 g/mol. The Labute approximate surface area is 137 Å². The van der Waals surface area contributed by atoms with Gasteiger partial charge in [-0.25, -0.2) is 13.1 Å². The molecule has 0 radical (unpaired) electrons. The summed E-state index contributed by atoms with van der Waals surface area (Å²) in [5, 5.41) is 5.21. The fourth-order valence-electron chi connectivity index (χ4n) is 3.36. The van der Waals surface area contributed by atoms with Crippen molar-refractivity contribution in [2.45, 2.75) is 35.9 Å². The molecule has 2 aliphatic rings. The highest BCUT2D eigenvalue weighted by Gasteiger charge is 2.26. The summed E-state index contributed by atoms with van der Waals surface area (Å²) in [6.45, 7) is 5.46. The molecule has 22 heavy (non-hydrogen) atoms. The van der Waals surface area contributed by atoms with Crippen LogP contribution in [0.25, 0.3) is 0 Å². The van der Waals surface area contributed by atoms with Crippen LogP contribution in [0.15, 0.2) is 21.7 Å². The van der Waals surface area contributed by atoms with E-state index >= 15 is 0 Å². The summed E-state index contributed by atoms with van der Waals surface area (Å²) in [6, 6.07) is 3.52. The zero-order valence-electron chi connectivity index (χ0n) is 12.8. The molecule has 2 N–H and O–H groups in total. The van der Waals surface area contributed by atoms with Gasteiger partial charge in [0, 0.05) is 12.6 Å². The van der Waals surface area contributed by atoms with Crippen molar-refractivity contribution in [3.05, 3.63) is 17.5 Å². The lowest BCUT2D eigenvalue weighted by atomic mass is 9.96. The van der Waals surface area contributed by atoms with Gasteiger partial charge in [-0.2, -0.15) is 0 Å². The molecule has 0 unspecified atom stereocenters. The number of piperidine rings is 2. The maximum absolute atomic E-state index is 12.2. The lowest BCUT2D eigenvalue weighted by Crippen LogP contribution is -2.46. The molecule has 1 aromatic rings. The van der Waals surface area contributed by atoms with Gasteiger partial charge in [0.1, 0.15) is 4.21 Å². The number of thiophene rings is 1. The van der Waals surface area contributed by atoms with Crippen molar-refractivity contribution in [1.29, 1.82) is 0 Å². The molecular weight excluding hydrogens is 318 g/mol. The van der Waals surface area contributed by atoms with Crippen LogP contribution >= 0.6 is 11.3 Å². The second kappa shape index (κ2) is 7.40. The highest BCUT2D eigenvalue weighted by Crippen LogP contribution is 2.20. The predicted molar refractivity (Wildman–Crippen MR) is 89.7 cm³/mol. The van der Waals surface area contributed by atoms with Gasteiger partial charge in [0.25, 0.3) is 0 Å². The number of hydrogen-bond donors (Lipinski definition) is 2. The van der Waals surface area contributed by atoms with Crippen molar-refractivity contribution in [2.75, 3.05) is 32.7 Å². The van der Waals surface area contributed by atoms with Crippen LogP contribution in [0.2, 0.25) is 0 Å². The average molecular weight is 344 g/mol. The van der Waals surface area contributed by atoms with Crippen LogP contribution in [-0.2, 0) is 10.0 Å². The molecule has 0 saturated carbocycles. The van der Waals surface area contributed by atoms with E-state index < -0.39 is 10.0 Å². The Bertz CT molecular complexity index is 545. The van der Waals surface area contributed by atoms with Gasteiger partial charge in [0.05, 0.1) is 0 Å². The first-order chi connectivity index (χ1) is 10.6. The average Bonchev–Trinajstić information content (AvgIpc) is 3.05. The first-order valence-electron chi connectivity index (χ1n) is 8.12. The molecule has 1 aromatic heterocycles. The first kappa shape index (κ1) is 16.4. The van der Waals surface area contributed by atoms with Gasteiger partial charge in [0.2, 0.25) is 10.0 Å². The Morgan fingerprint density at radius 1 is 1.23 bits per heavy atom. The van der Waals surface area contributed by atoms with E-state index in [2.05, 4.69) is 14.9 Å². The Balaban J connectivity index is 1.45. The van der Waals surface area contributed by atoms with E-state index in [9.17, 15) is 8.42 Å². The molecule has 0 aliphatic carbocycles. The molecule has 0 spiro atoms. The van der Waals surface area contributed by atoms with Crippen LogP contribution in [0.1, 0.15) is 25.7 Å². The number of nitrogens with zero attached hydrogens (tertiary/aromatic N) is 1.